The van der Waals surface area contributed by atoms with Crippen LogP contribution >= 0.6 is 23.1 Å². The molecule has 0 unspecified atom stereocenters. The maximum atomic E-state index is 12.6. The lowest BCUT2D eigenvalue weighted by Gasteiger charge is -2.21. The largest absolute Gasteiger partial charge is 0.342 e. The van der Waals surface area contributed by atoms with Gasteiger partial charge >= 0.3 is 0 Å². The number of anilines is 1. The molecule has 2 N–H and O–H groups in total. The normalized spacial score (nSPS) is 12.0. The van der Waals surface area contributed by atoms with Gasteiger partial charge in [0.25, 0.3) is 5.91 Å². The molecule has 3 aromatic rings. The molecule has 2 heterocycles. The van der Waals surface area contributed by atoms with Crippen molar-refractivity contribution in [1.82, 2.24) is 25.1 Å². The molecule has 0 spiro atoms. The quantitative estimate of drug-likeness (QED) is 0.533. The Hall–Kier alpha value is -2.72. The number of thiazole rings is 1. The van der Waals surface area contributed by atoms with Crippen LogP contribution in [0.2, 0.25) is 0 Å². The summed E-state index contributed by atoms with van der Waals surface area (Å²) in [6.45, 7) is 4.03. The molecule has 2 aromatic heterocycles. The minimum Gasteiger partial charge on any atom is -0.342 e. The first kappa shape index (κ1) is 21.0. The van der Waals surface area contributed by atoms with Crippen molar-refractivity contribution in [3.05, 3.63) is 53.3 Å². The Morgan fingerprint density at radius 3 is 2.62 bits per heavy atom. The van der Waals surface area contributed by atoms with E-state index in [1.807, 2.05) is 43.7 Å². The number of benzene rings is 1. The van der Waals surface area contributed by atoms with Crippen molar-refractivity contribution in [3.63, 3.8) is 0 Å². The fourth-order valence-electron chi connectivity index (χ4n) is 2.64. The van der Waals surface area contributed by atoms with Crippen molar-refractivity contribution in [3.8, 4) is 0 Å². The Bertz CT molecular complexity index is 957. The number of rotatable bonds is 8. The second kappa shape index (κ2) is 9.66. The smallest absolute Gasteiger partial charge is 0.251 e. The molecule has 2 amide bonds. The third-order valence-corrected chi connectivity index (χ3v) is 5.86. The number of carbonyl (C=O) groups is 2. The summed E-state index contributed by atoms with van der Waals surface area (Å²) in [6, 6.07) is 8.75. The molecule has 1 aromatic carbocycles. The van der Waals surface area contributed by atoms with Crippen molar-refractivity contribution in [1.29, 1.82) is 0 Å². The van der Waals surface area contributed by atoms with Gasteiger partial charge < -0.3 is 15.2 Å². The van der Waals surface area contributed by atoms with E-state index in [1.54, 1.807) is 23.7 Å². The van der Waals surface area contributed by atoms with Crippen LogP contribution in [0.15, 0.2) is 47.1 Å². The molecular formula is C19H22N6O2S2. The van der Waals surface area contributed by atoms with Crippen molar-refractivity contribution in [2.75, 3.05) is 11.1 Å². The van der Waals surface area contributed by atoms with E-state index in [0.717, 1.165) is 0 Å². The van der Waals surface area contributed by atoms with Crippen molar-refractivity contribution in [2.45, 2.75) is 25.0 Å². The van der Waals surface area contributed by atoms with Gasteiger partial charge in [0.05, 0.1) is 11.8 Å². The highest BCUT2D eigenvalue weighted by Gasteiger charge is 2.25. The lowest BCUT2D eigenvalue weighted by Crippen LogP contribution is -2.33. The first-order valence-corrected chi connectivity index (χ1v) is 10.9. The van der Waals surface area contributed by atoms with Crippen molar-refractivity contribution < 1.29 is 9.59 Å². The van der Waals surface area contributed by atoms with Gasteiger partial charge in [0, 0.05) is 24.2 Å². The van der Waals surface area contributed by atoms with Gasteiger partial charge in [-0.3, -0.25) is 9.59 Å². The number of hydrogen-bond donors (Lipinski definition) is 2. The molecule has 0 aliphatic rings. The van der Waals surface area contributed by atoms with Crippen LogP contribution in [-0.2, 0) is 11.8 Å². The van der Waals surface area contributed by atoms with Gasteiger partial charge in [0.1, 0.15) is 0 Å². The summed E-state index contributed by atoms with van der Waals surface area (Å²) in [5.41, 5.74) is 0.591. The highest BCUT2D eigenvalue weighted by Crippen LogP contribution is 2.24. The van der Waals surface area contributed by atoms with Gasteiger partial charge in [-0.05, 0) is 18.1 Å². The van der Waals surface area contributed by atoms with Crippen molar-refractivity contribution in [2.24, 2.45) is 13.0 Å². The van der Waals surface area contributed by atoms with Crippen LogP contribution in [0.25, 0.3) is 0 Å². The SMILES string of the molecule is CC(C)[C@@H](NC(=O)c1ccccc1)c1nnc(SCC(=O)Nc2nccs2)n1C. The van der Waals surface area contributed by atoms with E-state index in [-0.39, 0.29) is 29.5 Å². The van der Waals surface area contributed by atoms with Gasteiger partial charge in [-0.15, -0.1) is 21.5 Å². The number of thioether (sulfide) groups is 1. The summed E-state index contributed by atoms with van der Waals surface area (Å²) in [7, 11) is 1.83. The second-order valence-corrected chi connectivity index (χ2v) is 8.47. The third-order valence-electron chi connectivity index (χ3n) is 4.15. The predicted molar refractivity (Wildman–Crippen MR) is 114 cm³/mol. The standard InChI is InChI=1S/C19H22N6O2S2/c1-12(2)15(22-17(27)13-7-5-4-6-8-13)16-23-24-19(25(16)3)29-11-14(26)21-18-20-9-10-28-18/h4-10,12,15H,11H2,1-3H3,(H,22,27)(H,20,21,26)/t15-/m1/s1. The number of hydrogen-bond acceptors (Lipinski definition) is 7. The molecule has 10 heteroatoms. The summed E-state index contributed by atoms with van der Waals surface area (Å²) in [4.78, 5) is 28.7. The Kier molecular flexibility index (Phi) is 6.99. The summed E-state index contributed by atoms with van der Waals surface area (Å²) in [5, 5.41) is 17.2. The summed E-state index contributed by atoms with van der Waals surface area (Å²) < 4.78 is 1.82. The fourth-order valence-corrected chi connectivity index (χ4v) is 3.90. The van der Waals surface area contributed by atoms with E-state index < -0.39 is 0 Å². The van der Waals surface area contributed by atoms with Crippen LogP contribution in [0.3, 0.4) is 0 Å². The Morgan fingerprint density at radius 1 is 1.21 bits per heavy atom. The van der Waals surface area contributed by atoms with Gasteiger partial charge in [0.2, 0.25) is 5.91 Å². The van der Waals surface area contributed by atoms with Gasteiger partial charge in [0.15, 0.2) is 16.1 Å². The number of aromatic nitrogens is 4. The minimum atomic E-state index is -0.307. The average Bonchev–Trinajstić information content (AvgIpc) is 3.34. The molecule has 0 saturated heterocycles. The monoisotopic (exact) mass is 430 g/mol. The second-order valence-electron chi connectivity index (χ2n) is 6.64. The summed E-state index contributed by atoms with van der Waals surface area (Å²) in [5.74, 6) is 0.620. The Labute approximate surface area is 177 Å². The topological polar surface area (TPSA) is 102 Å². The molecule has 0 aliphatic heterocycles. The van der Waals surface area contributed by atoms with Gasteiger partial charge in [-0.2, -0.15) is 0 Å². The molecule has 0 saturated carbocycles. The van der Waals surface area contributed by atoms with Crippen LogP contribution in [0, 0.1) is 5.92 Å². The van der Waals surface area contributed by atoms with E-state index in [2.05, 4.69) is 25.8 Å². The zero-order valence-electron chi connectivity index (χ0n) is 16.3. The molecule has 0 fully saturated rings. The number of nitrogens with one attached hydrogen (secondary N) is 2. The number of nitrogens with zero attached hydrogens (tertiary/aromatic N) is 4. The zero-order chi connectivity index (χ0) is 20.8. The molecular weight excluding hydrogens is 408 g/mol. The van der Waals surface area contributed by atoms with Crippen LogP contribution in [0.5, 0.6) is 0 Å². The van der Waals surface area contributed by atoms with Gasteiger partial charge in [-0.1, -0.05) is 43.8 Å². The lowest BCUT2D eigenvalue weighted by molar-refractivity contribution is -0.113. The molecule has 152 valence electrons. The van der Waals surface area contributed by atoms with Crippen LogP contribution in [-0.4, -0.2) is 37.3 Å². The lowest BCUT2D eigenvalue weighted by atomic mass is 10.0. The molecule has 29 heavy (non-hydrogen) atoms. The molecule has 3 rings (SSSR count). The van der Waals surface area contributed by atoms with E-state index in [4.69, 9.17) is 0 Å². The van der Waals surface area contributed by atoms with Crippen LogP contribution in [0.4, 0.5) is 5.13 Å². The molecule has 0 aliphatic carbocycles. The first-order chi connectivity index (χ1) is 14.0. The highest BCUT2D eigenvalue weighted by atomic mass is 32.2. The average molecular weight is 431 g/mol. The van der Waals surface area contributed by atoms with Crippen LogP contribution < -0.4 is 10.6 Å². The third kappa shape index (κ3) is 5.42. The van der Waals surface area contributed by atoms with E-state index in [9.17, 15) is 9.59 Å². The predicted octanol–water partition coefficient (Wildman–Crippen LogP) is 3.13. The molecule has 8 nitrogen and oxygen atoms in total. The minimum absolute atomic E-state index is 0.108. The Morgan fingerprint density at radius 2 is 1.97 bits per heavy atom. The zero-order valence-corrected chi connectivity index (χ0v) is 18.0. The number of amides is 2. The van der Waals surface area contributed by atoms with Crippen molar-refractivity contribution >= 4 is 40.0 Å². The van der Waals surface area contributed by atoms with E-state index in [0.29, 0.717) is 21.7 Å². The maximum Gasteiger partial charge on any atom is 0.251 e. The summed E-state index contributed by atoms with van der Waals surface area (Å²) in [6.07, 6.45) is 1.64. The van der Waals surface area contributed by atoms with Crippen LogP contribution in [0.1, 0.15) is 36.1 Å². The first-order valence-electron chi connectivity index (χ1n) is 9.03. The fraction of sp³-hybridized carbons (Fsp3) is 0.316. The molecule has 1 atom stereocenters. The maximum absolute atomic E-state index is 12.6. The number of carbonyl (C=O) groups excluding carboxylic acids is 2. The summed E-state index contributed by atoms with van der Waals surface area (Å²) >= 11 is 2.65. The Balaban J connectivity index is 1.66. The van der Waals surface area contributed by atoms with E-state index >= 15 is 0 Å². The molecule has 0 radical (unpaired) electrons. The van der Waals surface area contributed by atoms with E-state index in [1.165, 1.54) is 23.1 Å². The molecule has 0 bridgehead atoms. The highest BCUT2D eigenvalue weighted by molar-refractivity contribution is 7.99. The van der Waals surface area contributed by atoms with Gasteiger partial charge in [-0.25, -0.2) is 4.98 Å².